The molecule has 2 rings (SSSR count). The number of amides is 1. The number of hydrogen-bond acceptors (Lipinski definition) is 3. The van der Waals surface area contributed by atoms with Crippen molar-refractivity contribution in [1.29, 1.82) is 0 Å². The van der Waals surface area contributed by atoms with E-state index in [4.69, 9.17) is 27.9 Å². The second kappa shape index (κ2) is 8.93. The van der Waals surface area contributed by atoms with E-state index in [1.54, 1.807) is 12.1 Å². The quantitative estimate of drug-likeness (QED) is 0.816. The molecule has 1 aliphatic rings. The topological polar surface area (TPSA) is 41.6 Å². The molecule has 4 nitrogen and oxygen atoms in total. The molecule has 1 aliphatic heterocycles. The molecular weight excluding hydrogens is 347 g/mol. The van der Waals surface area contributed by atoms with E-state index in [0.29, 0.717) is 39.7 Å². The van der Waals surface area contributed by atoms with Crippen molar-refractivity contribution in [3.8, 4) is 5.75 Å². The summed E-state index contributed by atoms with van der Waals surface area (Å²) in [6.07, 6.45) is 2.21. The number of ether oxygens (including phenoxy) is 1. The molecule has 1 N–H and O–H groups in total. The van der Waals surface area contributed by atoms with Gasteiger partial charge < -0.3 is 15.0 Å². The zero-order valence-corrected chi connectivity index (χ0v) is 16.1. The van der Waals surface area contributed by atoms with Gasteiger partial charge in [-0.1, -0.05) is 37.0 Å². The van der Waals surface area contributed by atoms with E-state index >= 15 is 0 Å². The molecule has 6 heteroatoms. The van der Waals surface area contributed by atoms with E-state index in [9.17, 15) is 4.79 Å². The summed E-state index contributed by atoms with van der Waals surface area (Å²) in [6.45, 7) is 8.48. The zero-order valence-electron chi connectivity index (χ0n) is 14.6. The Morgan fingerprint density at radius 2 is 1.92 bits per heavy atom. The highest BCUT2D eigenvalue weighted by Gasteiger charge is 2.23. The van der Waals surface area contributed by atoms with Crippen LogP contribution in [-0.2, 0) is 0 Å². The summed E-state index contributed by atoms with van der Waals surface area (Å²) in [6, 6.07) is 3.25. The number of hydrogen-bond donors (Lipinski definition) is 1. The van der Waals surface area contributed by atoms with Gasteiger partial charge in [0.05, 0.1) is 17.2 Å². The number of carbonyl (C=O) groups is 1. The fourth-order valence-corrected chi connectivity index (χ4v) is 3.63. The first-order chi connectivity index (χ1) is 11.4. The summed E-state index contributed by atoms with van der Waals surface area (Å²) in [5, 5.41) is 3.72. The van der Waals surface area contributed by atoms with Crippen LogP contribution in [0.25, 0.3) is 0 Å². The molecule has 0 unspecified atom stereocenters. The third-order valence-corrected chi connectivity index (χ3v) is 4.98. The normalized spacial score (nSPS) is 16.4. The number of carbonyl (C=O) groups excluding carboxylic acids is 1. The van der Waals surface area contributed by atoms with E-state index < -0.39 is 0 Å². The number of halogens is 2. The molecule has 24 heavy (non-hydrogen) atoms. The molecule has 0 radical (unpaired) electrons. The average molecular weight is 373 g/mol. The maximum Gasteiger partial charge on any atom is 0.256 e. The van der Waals surface area contributed by atoms with Gasteiger partial charge in [0, 0.05) is 13.1 Å². The molecule has 0 aromatic heterocycles. The van der Waals surface area contributed by atoms with Crippen molar-refractivity contribution >= 4 is 29.1 Å². The summed E-state index contributed by atoms with van der Waals surface area (Å²) >= 11 is 12.2. The Morgan fingerprint density at radius 3 is 2.50 bits per heavy atom. The van der Waals surface area contributed by atoms with Gasteiger partial charge in [-0.25, -0.2) is 0 Å². The summed E-state index contributed by atoms with van der Waals surface area (Å²) in [5.74, 6) is 1.29. The van der Waals surface area contributed by atoms with Gasteiger partial charge in [0.2, 0.25) is 0 Å². The van der Waals surface area contributed by atoms with Crippen LogP contribution >= 0.6 is 23.2 Å². The van der Waals surface area contributed by atoms with Gasteiger partial charge in [-0.2, -0.15) is 0 Å². The van der Waals surface area contributed by atoms with E-state index in [2.05, 4.69) is 24.1 Å². The predicted octanol–water partition coefficient (Wildman–Crippen LogP) is 4.10. The van der Waals surface area contributed by atoms with E-state index in [0.717, 1.165) is 32.5 Å². The van der Waals surface area contributed by atoms with Crippen LogP contribution in [0.2, 0.25) is 10.0 Å². The number of benzene rings is 1. The fourth-order valence-electron chi connectivity index (χ4n) is 3.16. The average Bonchev–Trinajstić information content (AvgIpc) is 2.55. The minimum Gasteiger partial charge on any atom is -0.494 e. The number of methoxy groups -OCH3 is 1. The molecule has 1 amide bonds. The lowest BCUT2D eigenvalue weighted by atomic mass is 9.96. The van der Waals surface area contributed by atoms with Crippen LogP contribution < -0.4 is 10.1 Å². The second-order valence-electron chi connectivity index (χ2n) is 6.79. The molecule has 1 heterocycles. The molecule has 0 atom stereocenters. The first-order valence-electron chi connectivity index (χ1n) is 8.45. The SMILES string of the molecule is COc1c(Cl)ccc(Cl)c1C(=O)NCC1CCN(CC(C)C)CC1. The zero-order chi connectivity index (χ0) is 17.7. The lowest BCUT2D eigenvalue weighted by Gasteiger charge is -2.33. The van der Waals surface area contributed by atoms with Gasteiger partial charge in [0.1, 0.15) is 5.56 Å². The minimum absolute atomic E-state index is 0.232. The maximum absolute atomic E-state index is 12.5. The Hall–Kier alpha value is -0.970. The van der Waals surface area contributed by atoms with Crippen LogP contribution in [0.4, 0.5) is 0 Å². The lowest BCUT2D eigenvalue weighted by molar-refractivity contribution is 0.0931. The third-order valence-electron chi connectivity index (χ3n) is 4.37. The number of likely N-dealkylation sites (tertiary alicyclic amines) is 1. The van der Waals surface area contributed by atoms with Gasteiger partial charge in [0.25, 0.3) is 5.91 Å². The van der Waals surface area contributed by atoms with E-state index in [1.807, 2.05) is 0 Å². The fraction of sp³-hybridized carbons (Fsp3) is 0.611. The van der Waals surface area contributed by atoms with Crippen molar-refractivity contribution in [2.75, 3.05) is 33.3 Å². The van der Waals surface area contributed by atoms with Gasteiger partial charge in [0.15, 0.2) is 5.75 Å². The van der Waals surface area contributed by atoms with Gasteiger partial charge in [-0.15, -0.1) is 0 Å². The van der Waals surface area contributed by atoms with Crippen molar-refractivity contribution < 1.29 is 9.53 Å². The first-order valence-corrected chi connectivity index (χ1v) is 9.20. The molecule has 1 aromatic carbocycles. The Labute approximate surface area is 154 Å². The smallest absolute Gasteiger partial charge is 0.256 e. The number of nitrogens with one attached hydrogen (secondary N) is 1. The molecule has 0 saturated carbocycles. The van der Waals surface area contributed by atoms with Crippen LogP contribution in [-0.4, -0.2) is 44.1 Å². The largest absolute Gasteiger partial charge is 0.494 e. The number of piperidine rings is 1. The number of rotatable bonds is 6. The van der Waals surface area contributed by atoms with Gasteiger partial charge >= 0.3 is 0 Å². The Bertz CT molecular complexity index is 570. The highest BCUT2D eigenvalue weighted by atomic mass is 35.5. The highest BCUT2D eigenvalue weighted by molar-refractivity contribution is 6.37. The maximum atomic E-state index is 12.5. The van der Waals surface area contributed by atoms with Crippen LogP contribution in [0.15, 0.2) is 12.1 Å². The standard InChI is InChI=1S/C18H26Cl2N2O2/c1-12(2)11-22-8-6-13(7-9-22)10-21-18(23)16-14(19)4-5-15(20)17(16)24-3/h4-5,12-13H,6-11H2,1-3H3,(H,21,23). The number of nitrogens with zero attached hydrogens (tertiary/aromatic N) is 1. The highest BCUT2D eigenvalue weighted by Crippen LogP contribution is 2.33. The monoisotopic (exact) mass is 372 g/mol. The van der Waals surface area contributed by atoms with Crippen LogP contribution in [0.3, 0.4) is 0 Å². The molecule has 1 fully saturated rings. The van der Waals surface area contributed by atoms with Gasteiger partial charge in [-0.3, -0.25) is 4.79 Å². The molecule has 0 bridgehead atoms. The molecule has 1 aromatic rings. The summed E-state index contributed by atoms with van der Waals surface area (Å²) in [7, 11) is 1.48. The van der Waals surface area contributed by atoms with Crippen molar-refractivity contribution in [2.24, 2.45) is 11.8 Å². The Morgan fingerprint density at radius 1 is 1.29 bits per heavy atom. The van der Waals surface area contributed by atoms with Crippen molar-refractivity contribution in [3.05, 3.63) is 27.7 Å². The van der Waals surface area contributed by atoms with E-state index in [-0.39, 0.29) is 5.91 Å². The summed E-state index contributed by atoms with van der Waals surface area (Å²) < 4.78 is 5.24. The van der Waals surface area contributed by atoms with Gasteiger partial charge in [-0.05, 0) is 49.9 Å². The van der Waals surface area contributed by atoms with Crippen molar-refractivity contribution in [3.63, 3.8) is 0 Å². The predicted molar refractivity (Wildman–Crippen MR) is 99.3 cm³/mol. The van der Waals surface area contributed by atoms with Crippen LogP contribution in [0.5, 0.6) is 5.75 Å². The van der Waals surface area contributed by atoms with Crippen LogP contribution in [0, 0.1) is 11.8 Å². The van der Waals surface area contributed by atoms with Crippen molar-refractivity contribution in [2.45, 2.75) is 26.7 Å². The van der Waals surface area contributed by atoms with E-state index in [1.165, 1.54) is 7.11 Å². The van der Waals surface area contributed by atoms with Crippen LogP contribution in [0.1, 0.15) is 37.0 Å². The Kier molecular flexibility index (Phi) is 7.20. The molecule has 1 saturated heterocycles. The summed E-state index contributed by atoms with van der Waals surface area (Å²) in [4.78, 5) is 15.0. The molecule has 134 valence electrons. The van der Waals surface area contributed by atoms with Crippen molar-refractivity contribution in [1.82, 2.24) is 10.2 Å². The molecule has 0 aliphatic carbocycles. The summed E-state index contributed by atoms with van der Waals surface area (Å²) in [5.41, 5.74) is 0.309. The third kappa shape index (κ3) is 5.01. The lowest BCUT2D eigenvalue weighted by Crippen LogP contribution is -2.40. The molecular formula is C18H26Cl2N2O2. The first kappa shape index (κ1) is 19.4. The minimum atomic E-state index is -0.232. The Balaban J connectivity index is 1.90. The second-order valence-corrected chi connectivity index (χ2v) is 7.60. The molecule has 0 spiro atoms.